The Kier molecular flexibility index (Phi) is 356. The third-order valence-corrected chi connectivity index (χ3v) is 0.500. The lowest BCUT2D eigenvalue weighted by atomic mass is 11.0. The van der Waals surface area contributed by atoms with Gasteiger partial charge >= 0.3 is 0 Å². The highest BCUT2D eigenvalue weighted by Gasteiger charge is 1.43. The Morgan fingerprint density at radius 1 is 0.923 bits per heavy atom. The fourth-order valence-corrected chi connectivity index (χ4v) is 0. The van der Waals surface area contributed by atoms with Gasteiger partial charge < -0.3 is 5.32 Å². The highest BCUT2D eigenvalue weighted by Crippen LogP contribution is 1.85. The normalized spacial score (nSPS) is 4.69. The Morgan fingerprint density at radius 2 is 1.00 bits per heavy atom. The van der Waals surface area contributed by atoms with Gasteiger partial charge in [-0.2, -0.15) is 0 Å². The van der Waals surface area contributed by atoms with Crippen molar-refractivity contribution in [2.45, 2.75) is 41.5 Å². The summed E-state index contributed by atoms with van der Waals surface area (Å²) in [6.07, 6.45) is 1.98. The Bertz CT molecular complexity index is 31.3. The lowest BCUT2D eigenvalue weighted by Gasteiger charge is -1.59. The lowest BCUT2D eigenvalue weighted by Crippen LogP contribution is -1.89. The van der Waals surface area contributed by atoms with E-state index in [0.29, 0.717) is 0 Å². The standard InChI is InChI=1S/C3H6S.C2H7N.3C2H6/c1-3-4-2;1-3-2;3*1-2/h3H,1H2,2H3;3H,1-2H3;3*1-2H3. The first-order valence-electron chi connectivity index (χ1n) is 5.05. The van der Waals surface area contributed by atoms with E-state index in [9.17, 15) is 0 Å². The summed E-state index contributed by atoms with van der Waals surface area (Å²) in [5.41, 5.74) is 0. The molecule has 86 valence electrons. The molecular weight excluding hydrogens is 178 g/mol. The van der Waals surface area contributed by atoms with Gasteiger partial charge in [0.1, 0.15) is 0 Å². The minimum Gasteiger partial charge on any atom is -0.323 e. The van der Waals surface area contributed by atoms with Gasteiger partial charge in [0.15, 0.2) is 0 Å². The van der Waals surface area contributed by atoms with Gasteiger partial charge in [0.05, 0.1) is 0 Å². The van der Waals surface area contributed by atoms with E-state index >= 15 is 0 Å². The number of thioether (sulfide) groups is 1. The number of hydrogen-bond acceptors (Lipinski definition) is 2. The Balaban J connectivity index is -0.0000000215. The average molecular weight is 209 g/mol. The van der Waals surface area contributed by atoms with Crippen molar-refractivity contribution in [3.8, 4) is 0 Å². The molecule has 0 aliphatic rings. The predicted octanol–water partition coefficient (Wildman–Crippen LogP) is 4.41. The van der Waals surface area contributed by atoms with Gasteiger partial charge in [-0.05, 0) is 25.8 Å². The van der Waals surface area contributed by atoms with Gasteiger partial charge in [0.25, 0.3) is 0 Å². The fraction of sp³-hybridized carbons (Fsp3) is 0.818. The molecule has 0 aromatic rings. The predicted molar refractivity (Wildman–Crippen MR) is 72.7 cm³/mol. The van der Waals surface area contributed by atoms with Crippen LogP contribution in [-0.4, -0.2) is 20.4 Å². The molecule has 0 heterocycles. The highest BCUT2D eigenvalue weighted by atomic mass is 32.2. The second-order valence-corrected chi connectivity index (χ2v) is 1.71. The van der Waals surface area contributed by atoms with Crippen LogP contribution in [0.1, 0.15) is 41.5 Å². The first-order chi connectivity index (χ1) is 6.33. The molecule has 0 saturated carbocycles. The summed E-state index contributed by atoms with van der Waals surface area (Å²) in [5.74, 6) is 0. The maximum atomic E-state index is 3.44. The van der Waals surface area contributed by atoms with E-state index in [1.165, 1.54) is 0 Å². The van der Waals surface area contributed by atoms with Crippen molar-refractivity contribution in [3.05, 3.63) is 12.0 Å². The van der Waals surface area contributed by atoms with Crippen LogP contribution in [0.15, 0.2) is 12.0 Å². The zero-order valence-electron chi connectivity index (χ0n) is 11.2. The third-order valence-electron chi connectivity index (χ3n) is 0.167. The molecule has 13 heavy (non-hydrogen) atoms. The Labute approximate surface area is 91.4 Å². The van der Waals surface area contributed by atoms with E-state index in [2.05, 4.69) is 11.9 Å². The van der Waals surface area contributed by atoms with Crippen LogP contribution in [0, 0.1) is 0 Å². The summed E-state index contributed by atoms with van der Waals surface area (Å²) in [7, 11) is 3.75. The van der Waals surface area contributed by atoms with Crippen LogP contribution < -0.4 is 5.32 Å². The van der Waals surface area contributed by atoms with Crippen LogP contribution >= 0.6 is 11.8 Å². The lowest BCUT2D eigenvalue weighted by molar-refractivity contribution is 1.02. The van der Waals surface area contributed by atoms with Crippen LogP contribution in [0.25, 0.3) is 0 Å². The fourth-order valence-electron chi connectivity index (χ4n) is 0. The molecule has 0 aromatic heterocycles. The number of nitrogens with one attached hydrogen (secondary N) is 1. The highest BCUT2D eigenvalue weighted by molar-refractivity contribution is 8.01. The number of rotatable bonds is 1. The molecule has 0 spiro atoms. The molecule has 0 radical (unpaired) electrons. The zero-order chi connectivity index (χ0) is 12.1. The maximum absolute atomic E-state index is 3.44. The molecule has 0 aromatic carbocycles. The zero-order valence-corrected chi connectivity index (χ0v) is 12.0. The molecule has 0 amide bonds. The molecule has 0 aliphatic heterocycles. The van der Waals surface area contributed by atoms with E-state index in [0.717, 1.165) is 0 Å². The van der Waals surface area contributed by atoms with Crippen molar-refractivity contribution in [1.82, 2.24) is 5.32 Å². The van der Waals surface area contributed by atoms with Gasteiger partial charge in [-0.25, -0.2) is 0 Å². The Morgan fingerprint density at radius 3 is 1.00 bits per heavy atom. The summed E-state index contributed by atoms with van der Waals surface area (Å²) >= 11 is 1.62. The Hall–Kier alpha value is 0.0500. The van der Waals surface area contributed by atoms with Crippen LogP contribution in [0.4, 0.5) is 0 Å². The minimum atomic E-state index is 1.62. The molecule has 0 atom stereocenters. The van der Waals surface area contributed by atoms with Crippen molar-refractivity contribution >= 4 is 11.8 Å². The molecule has 0 bridgehead atoms. The average Bonchev–Trinajstić information content (AvgIpc) is 2.27. The molecule has 0 unspecified atom stereocenters. The van der Waals surface area contributed by atoms with Crippen LogP contribution in [0.5, 0.6) is 0 Å². The third kappa shape index (κ3) is 1100. The quantitative estimate of drug-likeness (QED) is 0.686. The molecule has 1 N–H and O–H groups in total. The van der Waals surface area contributed by atoms with Crippen molar-refractivity contribution < 1.29 is 0 Å². The summed E-state index contributed by atoms with van der Waals surface area (Å²) in [4.78, 5) is 0. The van der Waals surface area contributed by atoms with Crippen LogP contribution in [0.2, 0.25) is 0 Å². The molecule has 0 rings (SSSR count). The summed E-state index contributed by atoms with van der Waals surface area (Å²) in [6, 6.07) is 0. The molecule has 1 nitrogen and oxygen atoms in total. The molecule has 0 aliphatic carbocycles. The van der Waals surface area contributed by atoms with Gasteiger partial charge in [-0.1, -0.05) is 48.1 Å². The molecule has 0 fully saturated rings. The van der Waals surface area contributed by atoms with E-state index in [1.54, 1.807) is 17.2 Å². The first kappa shape index (κ1) is 29.2. The smallest absolute Gasteiger partial charge is 0.0142 e. The first-order valence-corrected chi connectivity index (χ1v) is 6.34. The maximum Gasteiger partial charge on any atom is -0.0142 e. The van der Waals surface area contributed by atoms with Crippen molar-refractivity contribution in [2.24, 2.45) is 0 Å². The summed E-state index contributed by atoms with van der Waals surface area (Å²) in [6.45, 7) is 15.4. The van der Waals surface area contributed by atoms with E-state index in [1.807, 2.05) is 61.9 Å². The topological polar surface area (TPSA) is 12.0 Å². The summed E-state index contributed by atoms with van der Waals surface area (Å²) < 4.78 is 0. The van der Waals surface area contributed by atoms with Crippen LogP contribution in [-0.2, 0) is 0 Å². The van der Waals surface area contributed by atoms with Gasteiger partial charge in [-0.3, -0.25) is 0 Å². The van der Waals surface area contributed by atoms with Crippen LogP contribution in [0.3, 0.4) is 0 Å². The van der Waals surface area contributed by atoms with Crippen molar-refractivity contribution in [3.63, 3.8) is 0 Å². The van der Waals surface area contributed by atoms with Crippen molar-refractivity contribution in [2.75, 3.05) is 20.4 Å². The second kappa shape index (κ2) is 158. The largest absolute Gasteiger partial charge is 0.323 e. The van der Waals surface area contributed by atoms with E-state index < -0.39 is 0 Å². The summed E-state index contributed by atoms with van der Waals surface area (Å²) in [5, 5.41) is 4.54. The molecule has 2 heteroatoms. The minimum absolute atomic E-state index is 1.62. The SMILES string of the molecule is C=CSC.CC.CC.CC.CNC. The van der Waals surface area contributed by atoms with E-state index in [4.69, 9.17) is 0 Å². The van der Waals surface area contributed by atoms with Gasteiger partial charge in [0, 0.05) is 0 Å². The van der Waals surface area contributed by atoms with Crippen molar-refractivity contribution in [1.29, 1.82) is 0 Å². The van der Waals surface area contributed by atoms with Gasteiger partial charge in [0.2, 0.25) is 0 Å². The van der Waals surface area contributed by atoms with Gasteiger partial charge in [-0.15, -0.1) is 11.8 Å². The molecular formula is C11H31NS. The molecule has 0 saturated heterocycles. The second-order valence-electron chi connectivity index (χ2n) is 0.902. The van der Waals surface area contributed by atoms with E-state index in [-0.39, 0.29) is 0 Å². The number of hydrogen-bond donors (Lipinski definition) is 1. The monoisotopic (exact) mass is 209 g/mol.